The van der Waals surface area contributed by atoms with Gasteiger partial charge in [0, 0.05) is 37.6 Å². The number of rotatable bonds is 4. The van der Waals surface area contributed by atoms with Crippen LogP contribution in [0.3, 0.4) is 0 Å². The first-order chi connectivity index (χ1) is 14.5. The number of anilines is 1. The molecule has 0 atom stereocenters. The van der Waals surface area contributed by atoms with Gasteiger partial charge in [0.1, 0.15) is 17.3 Å². The molecule has 3 aromatic rings. The van der Waals surface area contributed by atoms with Gasteiger partial charge in [-0.1, -0.05) is 0 Å². The highest BCUT2D eigenvalue weighted by molar-refractivity contribution is 6.05. The summed E-state index contributed by atoms with van der Waals surface area (Å²) in [5.41, 5.74) is 1.38. The average Bonchev–Trinajstić information content (AvgIpc) is 3.30. The number of hydrogen-bond donors (Lipinski definition) is 1. The summed E-state index contributed by atoms with van der Waals surface area (Å²) in [5, 5.41) is 6.84. The zero-order valence-corrected chi connectivity index (χ0v) is 16.4. The Morgan fingerprint density at radius 3 is 2.67 bits per heavy atom. The molecule has 1 N–H and O–H groups in total. The van der Waals surface area contributed by atoms with Crippen molar-refractivity contribution in [2.75, 3.05) is 11.9 Å². The van der Waals surface area contributed by atoms with Crippen molar-refractivity contribution >= 4 is 17.8 Å². The van der Waals surface area contributed by atoms with Gasteiger partial charge < -0.3 is 4.74 Å². The van der Waals surface area contributed by atoms with Crippen LogP contribution in [0.4, 0.5) is 10.6 Å². The average molecular weight is 404 g/mol. The van der Waals surface area contributed by atoms with Gasteiger partial charge >= 0.3 is 6.03 Å². The normalized spacial score (nSPS) is 16.7. The summed E-state index contributed by atoms with van der Waals surface area (Å²) in [6.07, 6.45) is 9.33. The van der Waals surface area contributed by atoms with Crippen molar-refractivity contribution < 1.29 is 14.3 Å². The molecule has 2 fully saturated rings. The zero-order chi connectivity index (χ0) is 20.7. The van der Waals surface area contributed by atoms with Crippen LogP contribution in [0, 0.1) is 5.41 Å². The van der Waals surface area contributed by atoms with Crippen molar-refractivity contribution in [2.24, 2.45) is 12.5 Å². The highest BCUT2D eigenvalue weighted by atomic mass is 16.5. The number of ether oxygens (including phenoxy) is 1. The van der Waals surface area contributed by atoms with Gasteiger partial charge in [0.05, 0.1) is 23.5 Å². The van der Waals surface area contributed by atoms with Crippen molar-refractivity contribution in [3.05, 3.63) is 49.1 Å². The molecule has 1 saturated carbocycles. The van der Waals surface area contributed by atoms with E-state index in [0.717, 1.165) is 30.5 Å². The van der Waals surface area contributed by atoms with Gasteiger partial charge in [-0.25, -0.2) is 9.78 Å². The van der Waals surface area contributed by atoms with E-state index in [-0.39, 0.29) is 11.3 Å². The Morgan fingerprint density at radius 2 is 2.00 bits per heavy atom. The minimum Gasteiger partial charge on any atom is -0.456 e. The van der Waals surface area contributed by atoms with Gasteiger partial charge in [-0.3, -0.25) is 24.7 Å². The van der Waals surface area contributed by atoms with Crippen LogP contribution in [0.5, 0.6) is 11.5 Å². The van der Waals surface area contributed by atoms with E-state index in [1.165, 1.54) is 11.1 Å². The minimum absolute atomic E-state index is 0.0675. The molecule has 1 saturated heterocycles. The molecule has 9 nitrogen and oxygen atoms in total. The number of amides is 3. The molecule has 0 unspecified atom stereocenters. The predicted octanol–water partition coefficient (Wildman–Crippen LogP) is 3.21. The Labute approximate surface area is 172 Å². The molecule has 3 amide bonds. The molecule has 0 bridgehead atoms. The van der Waals surface area contributed by atoms with Gasteiger partial charge in [0.2, 0.25) is 5.91 Å². The van der Waals surface area contributed by atoms with Crippen molar-refractivity contribution in [2.45, 2.75) is 19.3 Å². The third-order valence-corrected chi connectivity index (χ3v) is 5.55. The topological polar surface area (TPSA) is 102 Å². The monoisotopic (exact) mass is 404 g/mol. The first-order valence-electron chi connectivity index (χ1n) is 9.74. The van der Waals surface area contributed by atoms with Gasteiger partial charge in [-0.15, -0.1) is 0 Å². The van der Waals surface area contributed by atoms with Crippen LogP contribution in [0.15, 0.2) is 49.1 Å². The van der Waals surface area contributed by atoms with Crippen LogP contribution in [0.25, 0.3) is 11.3 Å². The van der Waals surface area contributed by atoms with Crippen molar-refractivity contribution in [3.63, 3.8) is 0 Å². The Kier molecular flexibility index (Phi) is 4.23. The van der Waals surface area contributed by atoms with E-state index in [9.17, 15) is 9.59 Å². The van der Waals surface area contributed by atoms with Gasteiger partial charge in [0.15, 0.2) is 0 Å². The van der Waals surface area contributed by atoms with Crippen LogP contribution in [-0.2, 0) is 11.8 Å². The summed E-state index contributed by atoms with van der Waals surface area (Å²) < 4.78 is 7.56. The van der Waals surface area contributed by atoms with Gasteiger partial charge in [-0.2, -0.15) is 5.10 Å². The number of nitrogens with one attached hydrogen (secondary N) is 1. The van der Waals surface area contributed by atoms with Gasteiger partial charge in [-0.05, 0) is 37.5 Å². The van der Waals surface area contributed by atoms with Gasteiger partial charge in [0.25, 0.3) is 0 Å². The number of aromatic nitrogens is 4. The summed E-state index contributed by atoms with van der Waals surface area (Å²) in [5.74, 6) is 1.43. The Hall–Kier alpha value is -3.75. The number of carbonyl (C=O) groups is 2. The summed E-state index contributed by atoms with van der Waals surface area (Å²) >= 11 is 0. The number of hydrogen-bond acceptors (Lipinski definition) is 6. The molecule has 1 aliphatic carbocycles. The third kappa shape index (κ3) is 3.38. The standard InChI is InChI=1S/C21H20N6O3/c1-26-13-14(11-24-26)17-10-15(4-8-22-17)30-16-2-3-18(23-12-16)25-20(29)27-9-7-21(5-6-21)19(27)28/h2-4,8,10-13H,5-7,9H2,1H3,(H,23,25,29). The van der Waals surface area contributed by atoms with Crippen LogP contribution in [0.2, 0.25) is 0 Å². The minimum atomic E-state index is -0.430. The second kappa shape index (κ2) is 6.94. The summed E-state index contributed by atoms with van der Waals surface area (Å²) in [6, 6.07) is 6.49. The number of nitrogens with zero attached hydrogens (tertiary/aromatic N) is 5. The molecule has 0 aromatic carbocycles. The first kappa shape index (κ1) is 18.3. The van der Waals surface area contributed by atoms with Crippen molar-refractivity contribution in [3.8, 4) is 22.8 Å². The highest BCUT2D eigenvalue weighted by Crippen LogP contribution is 2.53. The SMILES string of the molecule is Cn1cc(-c2cc(Oc3ccc(NC(=O)N4CCC5(CC5)C4=O)nc3)ccn2)cn1. The van der Waals surface area contributed by atoms with E-state index in [1.807, 2.05) is 19.3 Å². The molecule has 0 radical (unpaired) electrons. The van der Waals surface area contributed by atoms with E-state index >= 15 is 0 Å². The fourth-order valence-electron chi connectivity index (χ4n) is 3.64. The Morgan fingerprint density at radius 1 is 1.13 bits per heavy atom. The fraction of sp³-hybridized carbons (Fsp3) is 0.286. The first-order valence-corrected chi connectivity index (χ1v) is 9.74. The second-order valence-corrected chi connectivity index (χ2v) is 7.68. The van der Waals surface area contributed by atoms with Crippen LogP contribution in [-0.4, -0.2) is 43.1 Å². The lowest BCUT2D eigenvalue weighted by atomic mass is 10.1. The van der Waals surface area contributed by atoms with Crippen molar-refractivity contribution in [1.82, 2.24) is 24.6 Å². The maximum absolute atomic E-state index is 12.4. The van der Waals surface area contributed by atoms with E-state index in [1.54, 1.807) is 35.3 Å². The summed E-state index contributed by atoms with van der Waals surface area (Å²) in [7, 11) is 1.85. The molecule has 152 valence electrons. The predicted molar refractivity (Wildman–Crippen MR) is 108 cm³/mol. The van der Waals surface area contributed by atoms with E-state index in [0.29, 0.717) is 23.9 Å². The zero-order valence-electron chi connectivity index (χ0n) is 16.4. The highest BCUT2D eigenvalue weighted by Gasteiger charge is 2.56. The lowest BCUT2D eigenvalue weighted by molar-refractivity contribution is -0.129. The maximum atomic E-state index is 12.4. The number of likely N-dealkylation sites (tertiary alicyclic amines) is 1. The Bertz CT molecular complexity index is 1120. The molecule has 3 aromatic heterocycles. The number of pyridine rings is 2. The Balaban J connectivity index is 1.23. The lowest BCUT2D eigenvalue weighted by Gasteiger charge is -2.15. The second-order valence-electron chi connectivity index (χ2n) is 7.68. The quantitative estimate of drug-likeness (QED) is 0.716. The molecule has 1 spiro atoms. The fourth-order valence-corrected chi connectivity index (χ4v) is 3.64. The molecular weight excluding hydrogens is 384 g/mol. The van der Waals surface area contributed by atoms with Crippen LogP contribution < -0.4 is 10.1 Å². The number of urea groups is 1. The third-order valence-electron chi connectivity index (χ3n) is 5.55. The largest absolute Gasteiger partial charge is 0.456 e. The van der Waals surface area contributed by atoms with Crippen LogP contribution >= 0.6 is 0 Å². The molecule has 30 heavy (non-hydrogen) atoms. The van der Waals surface area contributed by atoms with E-state index in [4.69, 9.17) is 4.74 Å². The van der Waals surface area contributed by atoms with Crippen molar-refractivity contribution in [1.29, 1.82) is 0 Å². The van der Waals surface area contributed by atoms with Crippen LogP contribution in [0.1, 0.15) is 19.3 Å². The molecule has 5 rings (SSSR count). The van der Waals surface area contributed by atoms with E-state index < -0.39 is 6.03 Å². The number of aryl methyl sites for hydroxylation is 1. The van der Waals surface area contributed by atoms with E-state index in [2.05, 4.69) is 20.4 Å². The maximum Gasteiger partial charge on any atom is 0.329 e. The smallest absolute Gasteiger partial charge is 0.329 e. The summed E-state index contributed by atoms with van der Waals surface area (Å²) in [6.45, 7) is 0.465. The number of carbonyl (C=O) groups excluding carboxylic acids is 2. The number of imide groups is 1. The molecule has 2 aliphatic rings. The molecule has 4 heterocycles. The molecule has 9 heteroatoms. The summed E-state index contributed by atoms with van der Waals surface area (Å²) in [4.78, 5) is 34.6. The molecule has 1 aliphatic heterocycles. The lowest BCUT2D eigenvalue weighted by Crippen LogP contribution is -2.37. The molecular formula is C21H20N6O3.